The molecule has 0 atom stereocenters. The van der Waals surface area contributed by atoms with E-state index in [-0.39, 0.29) is 5.56 Å². The van der Waals surface area contributed by atoms with Crippen molar-refractivity contribution in [1.82, 2.24) is 4.57 Å². The highest BCUT2D eigenvalue weighted by molar-refractivity contribution is 7.16. The number of amides is 1. The summed E-state index contributed by atoms with van der Waals surface area (Å²) in [7, 11) is 0. The van der Waals surface area contributed by atoms with Gasteiger partial charge in [-0.15, -0.1) is 6.58 Å². The van der Waals surface area contributed by atoms with Crippen LogP contribution in [0.1, 0.15) is 10.4 Å². The van der Waals surface area contributed by atoms with Crippen LogP contribution in [0.5, 0.6) is 0 Å². The van der Waals surface area contributed by atoms with Crippen molar-refractivity contribution in [2.45, 2.75) is 6.54 Å². The minimum Gasteiger partial charge on any atom is -0.310 e. The fourth-order valence-corrected chi connectivity index (χ4v) is 3.30. The van der Waals surface area contributed by atoms with Crippen LogP contribution in [0.15, 0.2) is 60.1 Å². The van der Waals surface area contributed by atoms with E-state index in [9.17, 15) is 13.6 Å². The molecule has 0 bridgehead atoms. The molecule has 0 fully saturated rings. The van der Waals surface area contributed by atoms with Crippen LogP contribution in [-0.2, 0) is 6.54 Å². The second kappa shape index (κ2) is 6.26. The molecule has 0 N–H and O–H groups in total. The van der Waals surface area contributed by atoms with Gasteiger partial charge in [0.2, 0.25) is 0 Å². The molecule has 0 saturated carbocycles. The van der Waals surface area contributed by atoms with E-state index < -0.39 is 17.5 Å². The molecule has 23 heavy (non-hydrogen) atoms. The van der Waals surface area contributed by atoms with E-state index in [1.807, 2.05) is 0 Å². The molecule has 0 radical (unpaired) electrons. The average molecular weight is 330 g/mol. The number of para-hydroxylation sites is 1. The van der Waals surface area contributed by atoms with Crippen LogP contribution in [0.4, 0.5) is 8.78 Å². The topological polar surface area (TPSA) is 34.4 Å². The van der Waals surface area contributed by atoms with Crippen molar-refractivity contribution in [2.24, 2.45) is 4.99 Å². The van der Waals surface area contributed by atoms with Crippen molar-refractivity contribution in [3.05, 3.63) is 77.1 Å². The van der Waals surface area contributed by atoms with Crippen molar-refractivity contribution >= 4 is 27.5 Å². The maximum Gasteiger partial charge on any atom is 0.282 e. The predicted octanol–water partition coefficient (Wildman–Crippen LogP) is 3.91. The van der Waals surface area contributed by atoms with Crippen LogP contribution >= 0.6 is 11.3 Å². The van der Waals surface area contributed by atoms with Crippen molar-refractivity contribution in [3.8, 4) is 0 Å². The molecule has 1 heterocycles. The molecular formula is C17H12F2N2OS. The Bertz CT molecular complexity index is 972. The van der Waals surface area contributed by atoms with Gasteiger partial charge in [-0.3, -0.25) is 4.79 Å². The van der Waals surface area contributed by atoms with E-state index in [0.29, 0.717) is 21.6 Å². The Morgan fingerprint density at radius 3 is 2.65 bits per heavy atom. The van der Waals surface area contributed by atoms with E-state index in [4.69, 9.17) is 0 Å². The quantitative estimate of drug-likeness (QED) is 0.671. The van der Waals surface area contributed by atoms with E-state index in [1.165, 1.54) is 35.6 Å². The van der Waals surface area contributed by atoms with Crippen molar-refractivity contribution in [1.29, 1.82) is 0 Å². The summed E-state index contributed by atoms with van der Waals surface area (Å²) in [6, 6.07) is 10.3. The number of thiazole rings is 1. The maximum absolute atomic E-state index is 14.1. The van der Waals surface area contributed by atoms with E-state index in [2.05, 4.69) is 11.6 Å². The summed E-state index contributed by atoms with van der Waals surface area (Å²) in [5.74, 6) is -1.74. The molecule has 0 spiro atoms. The van der Waals surface area contributed by atoms with E-state index in [0.717, 1.165) is 0 Å². The van der Waals surface area contributed by atoms with Gasteiger partial charge in [-0.1, -0.05) is 35.6 Å². The number of nitrogens with zero attached hydrogens (tertiary/aromatic N) is 2. The first-order valence-corrected chi connectivity index (χ1v) is 7.66. The fraction of sp³-hybridized carbons (Fsp3) is 0.0588. The number of aromatic nitrogens is 1. The molecule has 3 nitrogen and oxygen atoms in total. The van der Waals surface area contributed by atoms with Gasteiger partial charge in [-0.25, -0.2) is 8.78 Å². The number of allylic oxidation sites excluding steroid dienone is 1. The van der Waals surface area contributed by atoms with Crippen molar-refractivity contribution in [3.63, 3.8) is 0 Å². The van der Waals surface area contributed by atoms with Gasteiger partial charge < -0.3 is 4.57 Å². The largest absolute Gasteiger partial charge is 0.310 e. The first-order valence-electron chi connectivity index (χ1n) is 6.84. The van der Waals surface area contributed by atoms with Crippen LogP contribution in [0.3, 0.4) is 0 Å². The highest BCUT2D eigenvalue weighted by atomic mass is 32.1. The Morgan fingerprint density at radius 2 is 1.91 bits per heavy atom. The summed E-state index contributed by atoms with van der Waals surface area (Å²) in [6.07, 6.45) is 1.59. The third kappa shape index (κ3) is 2.85. The molecule has 1 amide bonds. The Kier molecular flexibility index (Phi) is 4.16. The molecule has 6 heteroatoms. The van der Waals surface area contributed by atoms with Crippen LogP contribution in [-0.4, -0.2) is 10.5 Å². The SMILES string of the molecule is C=CCn1c(=NC(=O)c2ccccc2F)sc2cccc(F)c21. The number of hydrogen-bond donors (Lipinski definition) is 0. The van der Waals surface area contributed by atoms with E-state index >= 15 is 0 Å². The predicted molar refractivity (Wildman–Crippen MR) is 86.3 cm³/mol. The zero-order valence-electron chi connectivity index (χ0n) is 12.0. The number of benzene rings is 2. The van der Waals surface area contributed by atoms with Gasteiger partial charge in [0.05, 0.1) is 15.8 Å². The van der Waals surface area contributed by atoms with Crippen molar-refractivity contribution in [2.75, 3.05) is 0 Å². The number of rotatable bonds is 3. The van der Waals surface area contributed by atoms with Gasteiger partial charge in [0.1, 0.15) is 11.6 Å². The van der Waals surface area contributed by atoms with Gasteiger partial charge >= 0.3 is 0 Å². The van der Waals surface area contributed by atoms with E-state index in [1.54, 1.807) is 28.8 Å². The molecule has 0 saturated heterocycles. The van der Waals surface area contributed by atoms with Crippen molar-refractivity contribution < 1.29 is 13.6 Å². The lowest BCUT2D eigenvalue weighted by atomic mass is 10.2. The lowest BCUT2D eigenvalue weighted by Gasteiger charge is -2.02. The summed E-state index contributed by atoms with van der Waals surface area (Å²) >= 11 is 1.17. The van der Waals surface area contributed by atoms with Crippen LogP contribution in [0.25, 0.3) is 10.2 Å². The highest BCUT2D eigenvalue weighted by Crippen LogP contribution is 2.20. The molecule has 0 aliphatic carbocycles. The van der Waals surface area contributed by atoms with Crippen LogP contribution in [0.2, 0.25) is 0 Å². The lowest BCUT2D eigenvalue weighted by Crippen LogP contribution is -2.17. The minimum atomic E-state index is -0.701. The standard InChI is InChI=1S/C17H12F2N2OS/c1-2-10-21-15-13(19)8-5-9-14(15)23-17(21)20-16(22)11-6-3-4-7-12(11)18/h2-9H,1,10H2. The Labute approximate surface area is 134 Å². The van der Waals surface area contributed by atoms with Crippen LogP contribution in [0, 0.1) is 11.6 Å². The zero-order valence-corrected chi connectivity index (χ0v) is 12.8. The zero-order chi connectivity index (χ0) is 16.4. The fourth-order valence-electron chi connectivity index (χ4n) is 2.25. The minimum absolute atomic E-state index is 0.115. The molecule has 116 valence electrons. The van der Waals surface area contributed by atoms with Gasteiger partial charge in [-0.2, -0.15) is 4.99 Å². The normalized spacial score (nSPS) is 11.8. The van der Waals surface area contributed by atoms with Gasteiger partial charge in [0.25, 0.3) is 5.91 Å². The summed E-state index contributed by atoms with van der Waals surface area (Å²) < 4.78 is 30.0. The molecule has 0 aliphatic rings. The first kappa shape index (κ1) is 15.3. The summed E-state index contributed by atoms with van der Waals surface area (Å²) in [5.41, 5.74) is 0.244. The van der Waals surface area contributed by atoms with Crippen LogP contribution < -0.4 is 4.80 Å². The highest BCUT2D eigenvalue weighted by Gasteiger charge is 2.13. The molecule has 3 aromatic rings. The maximum atomic E-state index is 14.1. The first-order chi connectivity index (χ1) is 11.1. The molecule has 1 aromatic heterocycles. The molecule has 3 rings (SSSR count). The summed E-state index contributed by atoms with van der Waals surface area (Å²) in [5, 5.41) is 0. The number of fused-ring (bicyclic) bond motifs is 1. The smallest absolute Gasteiger partial charge is 0.282 e. The lowest BCUT2D eigenvalue weighted by molar-refractivity contribution is 0.0994. The Balaban J connectivity index is 2.21. The summed E-state index contributed by atoms with van der Waals surface area (Å²) in [4.78, 5) is 16.5. The summed E-state index contributed by atoms with van der Waals surface area (Å²) in [6.45, 7) is 3.94. The Morgan fingerprint density at radius 1 is 1.17 bits per heavy atom. The van der Waals surface area contributed by atoms with Gasteiger partial charge in [-0.05, 0) is 24.3 Å². The molecule has 0 unspecified atom stereocenters. The number of carbonyl (C=O) groups excluding carboxylic acids is 1. The second-order valence-corrected chi connectivity index (χ2v) is 5.78. The Hall–Kier alpha value is -2.60. The molecular weight excluding hydrogens is 318 g/mol. The molecule has 2 aromatic carbocycles. The van der Waals surface area contributed by atoms with Gasteiger partial charge in [0, 0.05) is 6.54 Å². The average Bonchev–Trinajstić information content (AvgIpc) is 2.87. The monoisotopic (exact) mass is 330 g/mol. The second-order valence-electron chi connectivity index (χ2n) is 4.77. The number of carbonyl (C=O) groups is 1. The molecule has 0 aliphatic heterocycles. The third-order valence-electron chi connectivity index (χ3n) is 3.26. The number of halogens is 2. The number of hydrogen-bond acceptors (Lipinski definition) is 2. The van der Waals surface area contributed by atoms with Gasteiger partial charge in [0.15, 0.2) is 4.80 Å². The third-order valence-corrected chi connectivity index (χ3v) is 4.31.